The average molecular weight is 387 g/mol. The van der Waals surface area contributed by atoms with Crippen LogP contribution in [0.3, 0.4) is 0 Å². The van der Waals surface area contributed by atoms with Crippen molar-refractivity contribution in [3.63, 3.8) is 0 Å². The molecule has 2 heteroatoms. The van der Waals surface area contributed by atoms with Crippen LogP contribution < -0.4 is 0 Å². The maximum Gasteiger partial charge on any atom is 0.120 e. The van der Waals surface area contributed by atoms with Crippen LogP contribution in [0.15, 0.2) is 84.9 Å². The van der Waals surface area contributed by atoms with Crippen molar-refractivity contribution in [1.82, 2.24) is 0 Å². The van der Waals surface area contributed by atoms with Crippen molar-refractivity contribution >= 4 is 0 Å². The minimum Gasteiger partial charge on any atom is -0.384 e. The van der Waals surface area contributed by atoms with Gasteiger partial charge in [0.05, 0.1) is 21.1 Å². The van der Waals surface area contributed by atoms with Crippen molar-refractivity contribution in [1.29, 1.82) is 0 Å². The van der Waals surface area contributed by atoms with E-state index in [1.165, 1.54) is 16.7 Å². The highest BCUT2D eigenvalue weighted by Gasteiger charge is 2.50. The van der Waals surface area contributed by atoms with Gasteiger partial charge in [-0.1, -0.05) is 84.9 Å². The van der Waals surface area contributed by atoms with Gasteiger partial charge >= 0.3 is 0 Å². The molecule has 3 atom stereocenters. The summed E-state index contributed by atoms with van der Waals surface area (Å²) in [6, 6.07) is 29.9. The number of benzene rings is 3. The van der Waals surface area contributed by atoms with Gasteiger partial charge in [0.15, 0.2) is 0 Å². The summed E-state index contributed by atoms with van der Waals surface area (Å²) in [6.45, 7) is 0. The highest BCUT2D eigenvalue weighted by molar-refractivity contribution is 5.39. The lowest BCUT2D eigenvalue weighted by molar-refractivity contribution is -0.908. The van der Waals surface area contributed by atoms with Gasteiger partial charge in [-0.3, -0.25) is 0 Å². The monoisotopic (exact) mass is 386 g/mol. The SMILES string of the molecule is C[N+](C)(C)[C@@H](c1ccccc1)[C@@H]1CCc2ccccc2[C@]1(O)Cc1ccccc1. The zero-order valence-corrected chi connectivity index (χ0v) is 17.8. The van der Waals surface area contributed by atoms with Crippen LogP contribution in [0.1, 0.15) is 34.7 Å². The van der Waals surface area contributed by atoms with Crippen molar-refractivity contribution in [2.75, 3.05) is 21.1 Å². The summed E-state index contributed by atoms with van der Waals surface area (Å²) < 4.78 is 0.786. The molecule has 0 heterocycles. The molecule has 1 aliphatic rings. The molecule has 0 aliphatic heterocycles. The fraction of sp³-hybridized carbons (Fsp3) is 0.333. The molecule has 4 rings (SSSR count). The molecule has 0 amide bonds. The Bertz CT molecular complexity index is 945. The van der Waals surface area contributed by atoms with Crippen LogP contribution in [0.5, 0.6) is 0 Å². The van der Waals surface area contributed by atoms with E-state index in [-0.39, 0.29) is 12.0 Å². The number of aryl methyl sites for hydroxylation is 1. The van der Waals surface area contributed by atoms with Crippen LogP contribution in [0, 0.1) is 5.92 Å². The van der Waals surface area contributed by atoms with E-state index < -0.39 is 5.60 Å². The van der Waals surface area contributed by atoms with E-state index in [9.17, 15) is 5.11 Å². The molecule has 0 unspecified atom stereocenters. The van der Waals surface area contributed by atoms with Crippen LogP contribution >= 0.6 is 0 Å². The molecule has 3 aromatic carbocycles. The molecule has 0 saturated heterocycles. The molecule has 0 aromatic heterocycles. The highest BCUT2D eigenvalue weighted by Crippen LogP contribution is 2.50. The predicted molar refractivity (Wildman–Crippen MR) is 120 cm³/mol. The number of rotatable bonds is 5. The number of quaternary nitrogens is 1. The van der Waals surface area contributed by atoms with Gasteiger partial charge in [0.1, 0.15) is 11.6 Å². The Morgan fingerprint density at radius 3 is 2.10 bits per heavy atom. The van der Waals surface area contributed by atoms with Gasteiger partial charge in [-0.05, 0) is 29.5 Å². The van der Waals surface area contributed by atoms with Crippen molar-refractivity contribution < 1.29 is 9.59 Å². The Morgan fingerprint density at radius 1 is 0.862 bits per heavy atom. The van der Waals surface area contributed by atoms with Gasteiger partial charge in [-0.2, -0.15) is 0 Å². The quantitative estimate of drug-likeness (QED) is 0.603. The molecular formula is C27H32NO+. The highest BCUT2D eigenvalue weighted by atomic mass is 16.3. The second-order valence-corrected chi connectivity index (χ2v) is 9.36. The van der Waals surface area contributed by atoms with Crippen molar-refractivity contribution in [3.05, 3.63) is 107 Å². The lowest BCUT2D eigenvalue weighted by atomic mass is 9.64. The molecule has 29 heavy (non-hydrogen) atoms. The number of hydrogen-bond donors (Lipinski definition) is 1. The van der Waals surface area contributed by atoms with Gasteiger partial charge < -0.3 is 9.59 Å². The number of aliphatic hydroxyl groups is 1. The molecule has 0 fully saturated rings. The standard InChI is InChI=1S/C27H32NO/c1-28(2,3)26(23-15-8-5-9-16-23)25-19-18-22-14-10-11-17-24(22)27(25,29)20-21-12-6-4-7-13-21/h4-17,25-26,29H,18-20H2,1-3H3/q+1/t25-,26-,27+/m0/s1. The summed E-state index contributed by atoms with van der Waals surface area (Å²) >= 11 is 0. The van der Waals surface area contributed by atoms with E-state index in [0.717, 1.165) is 22.9 Å². The summed E-state index contributed by atoms with van der Waals surface area (Å²) in [5.74, 6) is 0.125. The number of nitrogens with zero attached hydrogens (tertiary/aromatic N) is 1. The van der Waals surface area contributed by atoms with Crippen molar-refractivity contribution in [2.24, 2.45) is 5.92 Å². The van der Waals surface area contributed by atoms with E-state index in [4.69, 9.17) is 0 Å². The Balaban J connectivity index is 1.86. The fourth-order valence-corrected chi connectivity index (χ4v) is 5.33. The van der Waals surface area contributed by atoms with Gasteiger partial charge in [0.25, 0.3) is 0 Å². The Kier molecular flexibility index (Phi) is 5.33. The molecule has 150 valence electrons. The van der Waals surface area contributed by atoms with Gasteiger partial charge in [-0.25, -0.2) is 0 Å². The first-order valence-corrected chi connectivity index (χ1v) is 10.6. The Labute approximate surface area is 175 Å². The average Bonchev–Trinajstić information content (AvgIpc) is 2.71. The number of fused-ring (bicyclic) bond motifs is 1. The Hall–Kier alpha value is -2.42. The lowest BCUT2D eigenvalue weighted by Crippen LogP contribution is -2.52. The van der Waals surface area contributed by atoms with Crippen LogP contribution in [-0.4, -0.2) is 30.7 Å². The molecular weight excluding hydrogens is 354 g/mol. The molecule has 0 radical (unpaired) electrons. The number of hydrogen-bond acceptors (Lipinski definition) is 1. The van der Waals surface area contributed by atoms with Gasteiger partial charge in [0, 0.05) is 17.9 Å². The van der Waals surface area contributed by atoms with Crippen LogP contribution in [0.4, 0.5) is 0 Å². The summed E-state index contributed by atoms with van der Waals surface area (Å²) in [7, 11) is 6.75. The fourth-order valence-electron chi connectivity index (χ4n) is 5.33. The zero-order valence-electron chi connectivity index (χ0n) is 17.8. The second kappa shape index (κ2) is 7.78. The molecule has 3 aromatic rings. The van der Waals surface area contributed by atoms with E-state index in [2.05, 4.69) is 100 Å². The van der Waals surface area contributed by atoms with Gasteiger partial charge in [-0.15, -0.1) is 0 Å². The first-order chi connectivity index (χ1) is 13.9. The van der Waals surface area contributed by atoms with E-state index >= 15 is 0 Å². The first kappa shape index (κ1) is 19.9. The van der Waals surface area contributed by atoms with Crippen molar-refractivity contribution in [2.45, 2.75) is 30.9 Å². The molecule has 0 spiro atoms. The third kappa shape index (κ3) is 3.88. The summed E-state index contributed by atoms with van der Waals surface area (Å²) in [5, 5.41) is 12.4. The molecule has 0 bridgehead atoms. The van der Waals surface area contributed by atoms with Crippen LogP contribution in [0.25, 0.3) is 0 Å². The largest absolute Gasteiger partial charge is 0.384 e. The normalized spacial score (nSPS) is 22.7. The third-order valence-electron chi connectivity index (χ3n) is 6.50. The third-order valence-corrected chi connectivity index (χ3v) is 6.50. The topological polar surface area (TPSA) is 20.2 Å². The molecule has 0 saturated carbocycles. The van der Waals surface area contributed by atoms with Crippen molar-refractivity contribution in [3.8, 4) is 0 Å². The van der Waals surface area contributed by atoms with E-state index in [1.807, 2.05) is 6.07 Å². The lowest BCUT2D eigenvalue weighted by Gasteiger charge is -2.49. The summed E-state index contributed by atoms with van der Waals surface area (Å²) in [4.78, 5) is 0. The smallest absolute Gasteiger partial charge is 0.120 e. The van der Waals surface area contributed by atoms with E-state index in [0.29, 0.717) is 6.42 Å². The molecule has 1 N–H and O–H groups in total. The summed E-state index contributed by atoms with van der Waals surface area (Å²) in [6.07, 6.45) is 2.63. The second-order valence-electron chi connectivity index (χ2n) is 9.36. The minimum atomic E-state index is -0.901. The maximum absolute atomic E-state index is 12.4. The zero-order chi connectivity index (χ0) is 20.5. The van der Waals surface area contributed by atoms with Gasteiger partial charge in [0.2, 0.25) is 0 Å². The predicted octanol–water partition coefficient (Wildman–Crippen LogP) is 5.13. The van der Waals surface area contributed by atoms with Crippen LogP contribution in [-0.2, 0) is 18.4 Å². The Morgan fingerprint density at radius 2 is 1.45 bits per heavy atom. The van der Waals surface area contributed by atoms with E-state index in [1.54, 1.807) is 0 Å². The molecule has 1 aliphatic carbocycles. The van der Waals surface area contributed by atoms with Crippen LogP contribution in [0.2, 0.25) is 0 Å². The maximum atomic E-state index is 12.4. The summed E-state index contributed by atoms with van der Waals surface area (Å²) in [5.41, 5.74) is 3.98. The molecule has 2 nitrogen and oxygen atoms in total. The minimum absolute atomic E-state index is 0.125. The first-order valence-electron chi connectivity index (χ1n) is 10.6.